The first kappa shape index (κ1) is 16.4. The van der Waals surface area contributed by atoms with Crippen LogP contribution in [0.15, 0.2) is 54.7 Å². The van der Waals surface area contributed by atoms with Crippen molar-refractivity contribution in [1.29, 1.82) is 0 Å². The van der Waals surface area contributed by atoms with Crippen molar-refractivity contribution in [3.63, 3.8) is 0 Å². The maximum atomic E-state index is 13.5. The molecule has 2 aromatic carbocycles. The van der Waals surface area contributed by atoms with Crippen LogP contribution in [0.25, 0.3) is 17.3 Å². The first-order chi connectivity index (χ1) is 12.5. The third kappa shape index (κ3) is 2.96. The van der Waals surface area contributed by atoms with Crippen molar-refractivity contribution < 1.29 is 13.2 Å². The Hall–Kier alpha value is -3.08. The second kappa shape index (κ2) is 6.33. The fourth-order valence-corrected chi connectivity index (χ4v) is 3.08. The van der Waals surface area contributed by atoms with E-state index in [1.165, 1.54) is 18.2 Å². The Bertz CT molecular complexity index is 1010. The molecule has 2 heterocycles. The molecule has 3 aromatic rings. The summed E-state index contributed by atoms with van der Waals surface area (Å²) < 4.78 is 39.8. The van der Waals surface area contributed by atoms with Crippen LogP contribution in [-0.4, -0.2) is 4.98 Å². The highest BCUT2D eigenvalue weighted by atomic mass is 19.2. The number of hydrogen-bond acceptors (Lipinski definition) is 2. The van der Waals surface area contributed by atoms with Crippen molar-refractivity contribution >= 4 is 11.8 Å². The zero-order valence-electron chi connectivity index (χ0n) is 14.0. The normalized spacial score (nSPS) is 13.0. The van der Waals surface area contributed by atoms with Gasteiger partial charge in [0, 0.05) is 35.3 Å². The minimum atomic E-state index is -0.891. The van der Waals surface area contributed by atoms with E-state index in [1.807, 2.05) is 30.2 Å². The molecule has 0 N–H and O–H groups in total. The van der Waals surface area contributed by atoms with Crippen molar-refractivity contribution in [3.8, 4) is 11.3 Å². The number of pyridine rings is 1. The Kier molecular flexibility index (Phi) is 3.99. The Morgan fingerprint density at radius 2 is 1.69 bits per heavy atom. The molecule has 0 saturated carbocycles. The van der Waals surface area contributed by atoms with Gasteiger partial charge in [0.1, 0.15) is 5.82 Å². The second-order valence-electron chi connectivity index (χ2n) is 6.21. The summed E-state index contributed by atoms with van der Waals surface area (Å²) in [5.41, 5.74) is 4.86. The number of hydrogen-bond donors (Lipinski definition) is 0. The number of nitrogens with zero attached hydrogens (tertiary/aromatic N) is 2. The van der Waals surface area contributed by atoms with Gasteiger partial charge in [-0.1, -0.05) is 0 Å². The van der Waals surface area contributed by atoms with Gasteiger partial charge in [0.25, 0.3) is 0 Å². The highest BCUT2D eigenvalue weighted by Gasteiger charge is 2.17. The molecular weight excluding hydrogens is 337 g/mol. The van der Waals surface area contributed by atoms with E-state index < -0.39 is 11.6 Å². The maximum Gasteiger partial charge on any atom is 0.159 e. The molecule has 0 unspecified atom stereocenters. The van der Waals surface area contributed by atoms with Crippen LogP contribution in [0.1, 0.15) is 16.8 Å². The molecule has 2 nitrogen and oxygen atoms in total. The molecule has 0 amide bonds. The molecule has 0 fully saturated rings. The zero-order chi connectivity index (χ0) is 18.3. The van der Waals surface area contributed by atoms with E-state index in [4.69, 9.17) is 0 Å². The molecule has 1 aliphatic heterocycles. The number of aryl methyl sites for hydroxylation is 1. The predicted octanol–water partition coefficient (Wildman–Crippen LogP) is 5.47. The van der Waals surface area contributed by atoms with E-state index in [9.17, 15) is 13.2 Å². The fraction of sp³-hybridized carbons (Fsp3) is 0.0952. The van der Waals surface area contributed by atoms with Crippen molar-refractivity contribution in [3.05, 3.63) is 89.0 Å². The smallest absolute Gasteiger partial charge is 0.159 e. The number of aromatic nitrogens is 1. The van der Waals surface area contributed by atoms with Crippen LogP contribution in [0.4, 0.5) is 18.9 Å². The molecule has 1 aromatic heterocycles. The second-order valence-corrected chi connectivity index (χ2v) is 6.21. The highest BCUT2D eigenvalue weighted by molar-refractivity contribution is 5.70. The summed E-state index contributed by atoms with van der Waals surface area (Å²) in [7, 11) is 0. The molecule has 26 heavy (non-hydrogen) atoms. The molecule has 0 radical (unpaired) electrons. The van der Waals surface area contributed by atoms with E-state index in [2.05, 4.69) is 4.98 Å². The molecule has 5 heteroatoms. The van der Waals surface area contributed by atoms with Gasteiger partial charge in [0.15, 0.2) is 11.6 Å². The summed E-state index contributed by atoms with van der Waals surface area (Å²) in [5, 5.41) is 0. The summed E-state index contributed by atoms with van der Waals surface area (Å²) in [6.45, 7) is 2.50. The van der Waals surface area contributed by atoms with Gasteiger partial charge in [0.2, 0.25) is 0 Å². The average molecular weight is 352 g/mol. The number of benzene rings is 2. The van der Waals surface area contributed by atoms with Gasteiger partial charge in [-0.05, 0) is 67.1 Å². The molecule has 0 aliphatic carbocycles. The summed E-state index contributed by atoms with van der Waals surface area (Å²) in [6.07, 6.45) is 3.87. The SMILES string of the molecule is Cc1nc(-c2ccc(F)c(F)c2)cc2c1CN(c1ccc(F)cc1)C=C2. The summed E-state index contributed by atoms with van der Waals surface area (Å²) >= 11 is 0. The first-order valence-electron chi connectivity index (χ1n) is 8.17. The molecule has 0 atom stereocenters. The molecule has 0 saturated heterocycles. The van der Waals surface area contributed by atoms with Gasteiger partial charge in [-0.25, -0.2) is 13.2 Å². The van der Waals surface area contributed by atoms with Crippen LogP contribution in [0.5, 0.6) is 0 Å². The molecule has 0 bridgehead atoms. The lowest BCUT2D eigenvalue weighted by Crippen LogP contribution is -2.20. The largest absolute Gasteiger partial charge is 0.343 e. The van der Waals surface area contributed by atoms with Crippen LogP contribution in [0, 0.1) is 24.4 Å². The van der Waals surface area contributed by atoms with Crippen molar-refractivity contribution in [2.45, 2.75) is 13.5 Å². The quantitative estimate of drug-likeness (QED) is 0.608. The lowest BCUT2D eigenvalue weighted by Gasteiger charge is -2.26. The molecule has 4 rings (SSSR count). The fourth-order valence-electron chi connectivity index (χ4n) is 3.08. The number of anilines is 1. The third-order valence-corrected chi connectivity index (χ3v) is 4.50. The third-order valence-electron chi connectivity index (χ3n) is 4.50. The van der Waals surface area contributed by atoms with Gasteiger partial charge in [0.05, 0.1) is 5.69 Å². The van der Waals surface area contributed by atoms with E-state index in [-0.39, 0.29) is 5.82 Å². The minimum Gasteiger partial charge on any atom is -0.343 e. The highest BCUT2D eigenvalue weighted by Crippen LogP contribution is 2.30. The van der Waals surface area contributed by atoms with E-state index >= 15 is 0 Å². The van der Waals surface area contributed by atoms with Crippen LogP contribution in [-0.2, 0) is 6.54 Å². The number of rotatable bonds is 2. The van der Waals surface area contributed by atoms with E-state index in [0.717, 1.165) is 34.6 Å². The molecule has 130 valence electrons. The summed E-state index contributed by atoms with van der Waals surface area (Å²) in [5.74, 6) is -2.04. The van der Waals surface area contributed by atoms with Gasteiger partial charge in [-0.2, -0.15) is 0 Å². The van der Waals surface area contributed by atoms with Crippen molar-refractivity contribution in [2.75, 3.05) is 4.90 Å². The lowest BCUT2D eigenvalue weighted by atomic mass is 9.99. The maximum absolute atomic E-state index is 13.5. The van der Waals surface area contributed by atoms with Gasteiger partial charge in [-0.3, -0.25) is 4.98 Å². The first-order valence-corrected chi connectivity index (χ1v) is 8.17. The molecule has 0 spiro atoms. The van der Waals surface area contributed by atoms with Crippen LogP contribution >= 0.6 is 0 Å². The number of halogens is 3. The Labute approximate surface area is 149 Å². The monoisotopic (exact) mass is 352 g/mol. The lowest BCUT2D eigenvalue weighted by molar-refractivity contribution is 0.509. The number of fused-ring (bicyclic) bond motifs is 1. The van der Waals surface area contributed by atoms with Crippen molar-refractivity contribution in [1.82, 2.24) is 4.98 Å². The van der Waals surface area contributed by atoms with E-state index in [1.54, 1.807) is 12.1 Å². The Balaban J connectivity index is 1.70. The average Bonchev–Trinajstić information content (AvgIpc) is 2.64. The van der Waals surface area contributed by atoms with Crippen LogP contribution in [0.2, 0.25) is 0 Å². The minimum absolute atomic E-state index is 0.274. The summed E-state index contributed by atoms with van der Waals surface area (Å²) in [4.78, 5) is 6.57. The topological polar surface area (TPSA) is 16.1 Å². The van der Waals surface area contributed by atoms with Gasteiger partial charge in [-0.15, -0.1) is 0 Å². The van der Waals surface area contributed by atoms with Gasteiger partial charge < -0.3 is 4.90 Å². The molecular formula is C21H15F3N2. The zero-order valence-corrected chi connectivity index (χ0v) is 14.0. The van der Waals surface area contributed by atoms with Crippen LogP contribution < -0.4 is 4.90 Å². The van der Waals surface area contributed by atoms with Crippen molar-refractivity contribution in [2.24, 2.45) is 0 Å². The summed E-state index contributed by atoms with van der Waals surface area (Å²) in [6, 6.07) is 11.9. The predicted molar refractivity (Wildman–Crippen MR) is 95.9 cm³/mol. The molecule has 1 aliphatic rings. The van der Waals surface area contributed by atoms with Gasteiger partial charge >= 0.3 is 0 Å². The Morgan fingerprint density at radius 1 is 0.923 bits per heavy atom. The standard InChI is InChI=1S/C21H15F3N2/c1-13-18-12-26(17-5-3-16(22)4-6-17)9-8-14(18)11-21(25-13)15-2-7-19(23)20(24)10-15/h2-11H,12H2,1H3. The Morgan fingerprint density at radius 3 is 2.42 bits per heavy atom. The van der Waals surface area contributed by atoms with E-state index in [0.29, 0.717) is 17.8 Å². The van der Waals surface area contributed by atoms with Crippen LogP contribution in [0.3, 0.4) is 0 Å².